The van der Waals surface area contributed by atoms with Crippen molar-refractivity contribution in [2.24, 2.45) is 0 Å². The Bertz CT molecular complexity index is 199. The molecule has 0 unspecified atom stereocenters. The van der Waals surface area contributed by atoms with Crippen LogP contribution in [0.2, 0.25) is 6.04 Å². The zero-order valence-corrected chi connectivity index (χ0v) is 15.7. The first-order chi connectivity index (χ1) is 10.7. The fraction of sp³-hybridized carbons (Fsp3) is 1.00. The van der Waals surface area contributed by atoms with Crippen molar-refractivity contribution in [1.29, 1.82) is 0 Å². The molecule has 0 rings (SSSR count). The van der Waals surface area contributed by atoms with Crippen LogP contribution in [0.1, 0.15) is 34.1 Å². The highest BCUT2D eigenvalue weighted by atomic mass is 28.4. The summed E-state index contributed by atoms with van der Waals surface area (Å²) in [5, 5.41) is 0. The quantitative estimate of drug-likeness (QED) is 0.300. The smallest absolute Gasteiger partial charge is 0.379 e. The van der Waals surface area contributed by atoms with Crippen LogP contribution in [0.15, 0.2) is 0 Å². The Hall–Kier alpha value is -0.0231. The van der Waals surface area contributed by atoms with Crippen LogP contribution in [0, 0.1) is 0 Å². The Morgan fingerprint density at radius 3 is 1.18 bits per heavy atom. The third kappa shape index (κ3) is 11.5. The topological polar surface area (TPSA) is 55.4 Å². The molecule has 0 saturated carbocycles. The fourth-order valence-corrected chi connectivity index (χ4v) is 4.33. The van der Waals surface area contributed by atoms with E-state index < -0.39 is 8.80 Å². The van der Waals surface area contributed by atoms with Gasteiger partial charge in [-0.25, -0.2) is 0 Å². The molecule has 0 aliphatic rings. The largest absolute Gasteiger partial charge is 0.501 e. The van der Waals surface area contributed by atoms with Gasteiger partial charge in [0.05, 0.1) is 39.6 Å². The highest BCUT2D eigenvalue weighted by molar-refractivity contribution is 6.60. The summed E-state index contributed by atoms with van der Waals surface area (Å²) in [6.45, 7) is 13.2. The summed E-state index contributed by atoms with van der Waals surface area (Å²) in [6.07, 6.45) is 0.949. The summed E-state index contributed by atoms with van der Waals surface area (Å²) in [4.78, 5) is 0. The van der Waals surface area contributed by atoms with Gasteiger partial charge in [0.15, 0.2) is 0 Å². The zero-order valence-electron chi connectivity index (χ0n) is 14.7. The second-order valence-electron chi connectivity index (χ2n) is 4.57. The second-order valence-corrected chi connectivity index (χ2v) is 7.30. The molecule has 0 aliphatic carbocycles. The van der Waals surface area contributed by atoms with Crippen molar-refractivity contribution >= 4 is 8.80 Å². The first-order valence-corrected chi connectivity index (χ1v) is 10.3. The van der Waals surface area contributed by atoms with Crippen molar-refractivity contribution in [3.05, 3.63) is 0 Å². The average molecular weight is 339 g/mol. The van der Waals surface area contributed by atoms with Crippen molar-refractivity contribution in [3.63, 3.8) is 0 Å². The van der Waals surface area contributed by atoms with Gasteiger partial charge in [0.25, 0.3) is 0 Å². The zero-order chi connectivity index (χ0) is 16.5. The van der Waals surface area contributed by atoms with Gasteiger partial charge in [-0.1, -0.05) is 13.3 Å². The number of ether oxygens (including phenoxy) is 3. The number of rotatable bonds is 17. The molecule has 0 amide bonds. The molecule has 0 spiro atoms. The average Bonchev–Trinajstić information content (AvgIpc) is 2.53. The summed E-state index contributed by atoms with van der Waals surface area (Å²) >= 11 is 0. The van der Waals surface area contributed by atoms with Gasteiger partial charge in [0.1, 0.15) is 0 Å². The maximum atomic E-state index is 5.99. The SMILES string of the molecule is CCC[Si](OCCOCC)(OCCOCC)OCCOCC. The molecule has 0 saturated heterocycles. The Morgan fingerprint density at radius 2 is 0.909 bits per heavy atom. The van der Waals surface area contributed by atoms with Gasteiger partial charge in [-0.05, 0) is 20.8 Å². The Morgan fingerprint density at radius 1 is 0.545 bits per heavy atom. The minimum absolute atomic E-state index is 0.489. The fourth-order valence-electron chi connectivity index (χ4n) is 1.85. The lowest BCUT2D eigenvalue weighted by Gasteiger charge is -2.29. The molecule has 0 aromatic rings. The highest BCUT2D eigenvalue weighted by Crippen LogP contribution is 2.18. The first kappa shape index (κ1) is 22.0. The summed E-state index contributed by atoms with van der Waals surface area (Å²) in [5.41, 5.74) is 0. The molecule has 22 heavy (non-hydrogen) atoms. The minimum Gasteiger partial charge on any atom is -0.379 e. The second kappa shape index (κ2) is 15.9. The van der Waals surface area contributed by atoms with Crippen LogP contribution in [0.25, 0.3) is 0 Å². The molecule has 0 bridgehead atoms. The molecule has 0 radical (unpaired) electrons. The van der Waals surface area contributed by atoms with E-state index in [4.69, 9.17) is 27.5 Å². The van der Waals surface area contributed by atoms with Crippen LogP contribution < -0.4 is 0 Å². The maximum absolute atomic E-state index is 5.99. The van der Waals surface area contributed by atoms with E-state index >= 15 is 0 Å². The van der Waals surface area contributed by atoms with Crippen molar-refractivity contribution in [2.75, 3.05) is 59.5 Å². The monoisotopic (exact) mass is 338 g/mol. The molecular weight excluding hydrogens is 304 g/mol. The molecule has 0 fully saturated rings. The summed E-state index contributed by atoms with van der Waals surface area (Å²) in [7, 11) is -2.69. The van der Waals surface area contributed by atoms with Gasteiger partial charge in [0, 0.05) is 25.9 Å². The lowest BCUT2D eigenvalue weighted by Crippen LogP contribution is -2.47. The Kier molecular flexibility index (Phi) is 15.8. The normalized spacial score (nSPS) is 12.0. The van der Waals surface area contributed by atoms with Crippen LogP contribution in [0.3, 0.4) is 0 Å². The molecule has 0 N–H and O–H groups in total. The number of hydrogen-bond acceptors (Lipinski definition) is 6. The molecule has 0 aromatic heterocycles. The van der Waals surface area contributed by atoms with Crippen LogP contribution in [0.5, 0.6) is 0 Å². The standard InChI is InChI=1S/C15H34O6Si/c1-5-15-22(19-12-9-16-6-2,20-13-10-17-7-3)21-14-11-18-8-4/h5-15H2,1-4H3. The van der Waals surface area contributed by atoms with Crippen molar-refractivity contribution < 1.29 is 27.5 Å². The van der Waals surface area contributed by atoms with Crippen molar-refractivity contribution in [2.45, 2.75) is 40.2 Å². The van der Waals surface area contributed by atoms with Gasteiger partial charge in [-0.15, -0.1) is 0 Å². The van der Waals surface area contributed by atoms with E-state index in [1.54, 1.807) is 0 Å². The molecule has 7 heteroatoms. The molecule has 0 aromatic carbocycles. The van der Waals surface area contributed by atoms with Crippen LogP contribution in [-0.2, 0) is 27.5 Å². The highest BCUT2D eigenvalue weighted by Gasteiger charge is 2.40. The van der Waals surface area contributed by atoms with E-state index in [2.05, 4.69) is 6.92 Å². The van der Waals surface area contributed by atoms with Crippen LogP contribution in [0.4, 0.5) is 0 Å². The van der Waals surface area contributed by atoms with Gasteiger partial charge < -0.3 is 27.5 Å². The van der Waals surface area contributed by atoms with Crippen molar-refractivity contribution in [1.82, 2.24) is 0 Å². The third-order valence-corrected chi connectivity index (χ3v) is 5.86. The lowest BCUT2D eigenvalue weighted by atomic mass is 10.6. The Labute approximate surface area is 136 Å². The van der Waals surface area contributed by atoms with E-state index in [1.807, 2.05) is 20.8 Å². The van der Waals surface area contributed by atoms with Crippen molar-refractivity contribution in [3.8, 4) is 0 Å². The predicted molar refractivity (Wildman–Crippen MR) is 88.2 cm³/mol. The van der Waals surface area contributed by atoms with Crippen LogP contribution in [-0.4, -0.2) is 68.3 Å². The molecule has 0 atom stereocenters. The number of hydrogen-bond donors (Lipinski definition) is 0. The maximum Gasteiger partial charge on any atom is 0.501 e. The summed E-state index contributed by atoms with van der Waals surface area (Å²) < 4.78 is 34.0. The predicted octanol–water partition coefficient (Wildman–Crippen LogP) is 2.49. The molecule has 6 nitrogen and oxygen atoms in total. The molecule has 134 valence electrons. The van der Waals surface area contributed by atoms with E-state index in [0.717, 1.165) is 12.5 Å². The minimum atomic E-state index is -2.69. The molecule has 0 aliphatic heterocycles. The van der Waals surface area contributed by atoms with Crippen LogP contribution >= 0.6 is 0 Å². The third-order valence-electron chi connectivity index (χ3n) is 2.82. The van der Waals surface area contributed by atoms with Gasteiger partial charge in [-0.2, -0.15) is 0 Å². The van der Waals surface area contributed by atoms with E-state index in [0.29, 0.717) is 59.5 Å². The van der Waals surface area contributed by atoms with E-state index in [9.17, 15) is 0 Å². The van der Waals surface area contributed by atoms with E-state index in [-0.39, 0.29) is 0 Å². The van der Waals surface area contributed by atoms with E-state index in [1.165, 1.54) is 0 Å². The van der Waals surface area contributed by atoms with Gasteiger partial charge >= 0.3 is 8.80 Å². The summed E-state index contributed by atoms with van der Waals surface area (Å²) in [5.74, 6) is 0. The van der Waals surface area contributed by atoms with Gasteiger partial charge in [-0.3, -0.25) is 0 Å². The Balaban J connectivity index is 4.39. The summed E-state index contributed by atoms with van der Waals surface area (Å²) in [6, 6.07) is 0.789. The van der Waals surface area contributed by atoms with Gasteiger partial charge in [0.2, 0.25) is 0 Å². The lowest BCUT2D eigenvalue weighted by molar-refractivity contribution is 0.00343. The molecule has 0 heterocycles. The first-order valence-electron chi connectivity index (χ1n) is 8.39. The molecular formula is C15H34O6Si.